The molecule has 1 nitrogen and oxygen atoms in total. The number of allylic oxidation sites excluding steroid dienone is 2. The normalized spacial score (nSPS) is 11.7. The van der Waals surface area contributed by atoms with Crippen molar-refractivity contribution in [3.05, 3.63) is 41.1 Å². The molecule has 0 unspecified atom stereocenters. The minimum atomic E-state index is 1.16. The minimum Gasteiger partial charge on any atom is -0.359 e. The molecule has 0 bridgehead atoms. The van der Waals surface area contributed by atoms with Gasteiger partial charge in [0.1, 0.15) is 0 Å². The zero-order chi connectivity index (χ0) is 13.4. The lowest BCUT2D eigenvalue weighted by atomic mass is 10.1. The van der Waals surface area contributed by atoms with Gasteiger partial charge in [-0.3, -0.25) is 0 Å². The van der Waals surface area contributed by atoms with Crippen molar-refractivity contribution in [1.82, 2.24) is 0 Å². The molecule has 0 saturated heterocycles. The van der Waals surface area contributed by atoms with Crippen molar-refractivity contribution in [1.29, 1.82) is 0 Å². The fourth-order valence-corrected chi connectivity index (χ4v) is 2.03. The fraction of sp³-hybridized carbons (Fsp3) is 0.529. The molecule has 1 heteroatoms. The van der Waals surface area contributed by atoms with Crippen LogP contribution >= 0.6 is 0 Å². The van der Waals surface area contributed by atoms with E-state index in [1.165, 1.54) is 41.8 Å². The molecular weight excluding hydrogens is 218 g/mol. The van der Waals surface area contributed by atoms with Crippen LogP contribution in [0.3, 0.4) is 0 Å². The van der Waals surface area contributed by atoms with Gasteiger partial charge in [-0.05, 0) is 44.7 Å². The number of hydrogen-bond donors (Lipinski definition) is 1. The van der Waals surface area contributed by atoms with Gasteiger partial charge in [0.25, 0.3) is 0 Å². The lowest BCUT2D eigenvalue weighted by Crippen LogP contribution is -2.01. The molecule has 0 aromatic heterocycles. The van der Waals surface area contributed by atoms with E-state index in [9.17, 15) is 0 Å². The number of nitrogens with one attached hydrogen (secondary N) is 1. The maximum absolute atomic E-state index is 3.61. The summed E-state index contributed by atoms with van der Waals surface area (Å²) < 4.78 is 0. The van der Waals surface area contributed by atoms with E-state index in [0.29, 0.717) is 0 Å². The summed E-state index contributed by atoms with van der Waals surface area (Å²) in [5, 5.41) is 3.61. The Bertz CT molecular complexity index is 391. The number of rotatable bonds is 7. The molecule has 0 aliphatic heterocycles. The largest absolute Gasteiger partial charge is 0.359 e. The summed E-state index contributed by atoms with van der Waals surface area (Å²) in [6.45, 7) is 8.79. The summed E-state index contributed by atoms with van der Waals surface area (Å²) >= 11 is 0. The van der Waals surface area contributed by atoms with Crippen LogP contribution in [0.2, 0.25) is 0 Å². The monoisotopic (exact) mass is 245 g/mol. The summed E-state index contributed by atoms with van der Waals surface area (Å²) in [4.78, 5) is 0. The Morgan fingerprint density at radius 2 is 1.94 bits per heavy atom. The minimum absolute atomic E-state index is 1.16. The zero-order valence-corrected chi connectivity index (χ0v) is 12.3. The maximum Gasteiger partial charge on any atom is 0.0411 e. The molecule has 0 aliphatic rings. The molecule has 0 saturated carbocycles. The third-order valence-corrected chi connectivity index (χ3v) is 3.16. The summed E-state index contributed by atoms with van der Waals surface area (Å²) in [6.07, 6.45) is 8.39. The van der Waals surface area contributed by atoms with Crippen LogP contribution in [0.25, 0.3) is 0 Å². The highest BCUT2D eigenvalue weighted by atomic mass is 14.9. The quantitative estimate of drug-likeness (QED) is 0.660. The first-order valence-corrected chi connectivity index (χ1v) is 7.20. The summed E-state index contributed by atoms with van der Waals surface area (Å²) in [5.41, 5.74) is 5.28. The smallest absolute Gasteiger partial charge is 0.0411 e. The van der Waals surface area contributed by atoms with Crippen molar-refractivity contribution in [2.24, 2.45) is 0 Å². The number of hydrogen-bond acceptors (Lipinski definition) is 1. The SMILES string of the molecule is CCC/C=C(/CCCC)Nc1ccc(C)cc1C. The molecule has 18 heavy (non-hydrogen) atoms. The molecule has 0 fully saturated rings. The number of aryl methyl sites for hydroxylation is 2. The van der Waals surface area contributed by atoms with Crippen molar-refractivity contribution in [2.75, 3.05) is 5.32 Å². The van der Waals surface area contributed by atoms with E-state index in [1.807, 2.05) is 0 Å². The molecular formula is C17H27N. The third kappa shape index (κ3) is 4.95. The Hall–Kier alpha value is -1.24. The van der Waals surface area contributed by atoms with Crippen molar-refractivity contribution >= 4 is 5.69 Å². The average molecular weight is 245 g/mol. The Morgan fingerprint density at radius 3 is 2.56 bits per heavy atom. The molecule has 1 rings (SSSR count). The second-order valence-corrected chi connectivity index (χ2v) is 5.06. The van der Waals surface area contributed by atoms with E-state index < -0.39 is 0 Å². The fourth-order valence-electron chi connectivity index (χ4n) is 2.03. The van der Waals surface area contributed by atoms with Gasteiger partial charge in [0, 0.05) is 11.4 Å². The zero-order valence-electron chi connectivity index (χ0n) is 12.3. The van der Waals surface area contributed by atoms with E-state index in [0.717, 1.165) is 12.8 Å². The second kappa shape index (κ2) is 7.97. The predicted molar refractivity (Wildman–Crippen MR) is 82.1 cm³/mol. The van der Waals surface area contributed by atoms with Gasteiger partial charge in [0.05, 0.1) is 0 Å². The van der Waals surface area contributed by atoms with Gasteiger partial charge < -0.3 is 5.32 Å². The molecule has 0 radical (unpaired) electrons. The van der Waals surface area contributed by atoms with Crippen LogP contribution in [0.4, 0.5) is 5.69 Å². The number of benzene rings is 1. The summed E-state index contributed by atoms with van der Waals surface area (Å²) in [7, 11) is 0. The van der Waals surface area contributed by atoms with E-state index in [2.05, 4.69) is 57.3 Å². The van der Waals surface area contributed by atoms with Crippen molar-refractivity contribution < 1.29 is 0 Å². The molecule has 0 spiro atoms. The van der Waals surface area contributed by atoms with Gasteiger partial charge >= 0.3 is 0 Å². The van der Waals surface area contributed by atoms with Crippen molar-refractivity contribution in [3.63, 3.8) is 0 Å². The van der Waals surface area contributed by atoms with E-state index in [-0.39, 0.29) is 0 Å². The van der Waals surface area contributed by atoms with Crippen molar-refractivity contribution in [2.45, 2.75) is 59.8 Å². The number of anilines is 1. The molecule has 1 aromatic rings. The molecule has 1 aromatic carbocycles. The molecule has 0 amide bonds. The Labute approximate surface area is 112 Å². The lowest BCUT2D eigenvalue weighted by molar-refractivity contribution is 0.783. The highest BCUT2D eigenvalue weighted by Crippen LogP contribution is 2.20. The third-order valence-electron chi connectivity index (χ3n) is 3.16. The average Bonchev–Trinajstić information content (AvgIpc) is 2.35. The van der Waals surface area contributed by atoms with Crippen LogP contribution in [0.15, 0.2) is 30.0 Å². The lowest BCUT2D eigenvalue weighted by Gasteiger charge is -2.14. The Balaban J connectivity index is 2.75. The van der Waals surface area contributed by atoms with Crippen LogP contribution < -0.4 is 5.32 Å². The van der Waals surface area contributed by atoms with Crippen LogP contribution in [0.1, 0.15) is 57.1 Å². The molecule has 100 valence electrons. The van der Waals surface area contributed by atoms with Crippen LogP contribution in [-0.2, 0) is 0 Å². The Morgan fingerprint density at radius 1 is 1.17 bits per heavy atom. The van der Waals surface area contributed by atoms with Crippen LogP contribution in [0, 0.1) is 13.8 Å². The standard InChI is InChI=1S/C17H27N/c1-5-7-9-16(10-8-6-2)18-17-12-11-14(3)13-15(17)4/h9,11-13,18H,5-8,10H2,1-4H3/b16-9-. The highest BCUT2D eigenvalue weighted by molar-refractivity contribution is 5.55. The van der Waals surface area contributed by atoms with E-state index in [1.54, 1.807) is 0 Å². The first-order chi connectivity index (χ1) is 8.67. The van der Waals surface area contributed by atoms with E-state index >= 15 is 0 Å². The highest BCUT2D eigenvalue weighted by Gasteiger charge is 2.01. The van der Waals surface area contributed by atoms with Gasteiger partial charge in [-0.25, -0.2) is 0 Å². The summed E-state index contributed by atoms with van der Waals surface area (Å²) in [6, 6.07) is 6.60. The maximum atomic E-state index is 3.61. The summed E-state index contributed by atoms with van der Waals surface area (Å²) in [5.74, 6) is 0. The topological polar surface area (TPSA) is 12.0 Å². The van der Waals surface area contributed by atoms with Crippen LogP contribution in [0.5, 0.6) is 0 Å². The van der Waals surface area contributed by atoms with Gasteiger partial charge in [0.2, 0.25) is 0 Å². The molecule has 0 atom stereocenters. The van der Waals surface area contributed by atoms with Gasteiger partial charge in [-0.2, -0.15) is 0 Å². The molecule has 0 heterocycles. The molecule has 0 aliphatic carbocycles. The predicted octanol–water partition coefficient (Wildman–Crippen LogP) is 5.59. The van der Waals surface area contributed by atoms with Gasteiger partial charge in [0.15, 0.2) is 0 Å². The number of unbranched alkanes of at least 4 members (excludes halogenated alkanes) is 2. The second-order valence-electron chi connectivity index (χ2n) is 5.06. The van der Waals surface area contributed by atoms with Crippen molar-refractivity contribution in [3.8, 4) is 0 Å². The molecule has 1 N–H and O–H groups in total. The van der Waals surface area contributed by atoms with Gasteiger partial charge in [-0.1, -0.05) is 50.5 Å². The van der Waals surface area contributed by atoms with Gasteiger partial charge in [-0.15, -0.1) is 0 Å². The first kappa shape index (κ1) is 14.8. The Kier molecular flexibility index (Phi) is 6.56. The van der Waals surface area contributed by atoms with E-state index in [4.69, 9.17) is 0 Å². The van der Waals surface area contributed by atoms with Crippen LogP contribution in [-0.4, -0.2) is 0 Å². The first-order valence-electron chi connectivity index (χ1n) is 7.20.